The second-order valence-corrected chi connectivity index (χ2v) is 5.36. The molecule has 1 rings (SSSR count). The predicted molar refractivity (Wildman–Crippen MR) is 71.5 cm³/mol. The zero-order valence-corrected chi connectivity index (χ0v) is 11.4. The summed E-state index contributed by atoms with van der Waals surface area (Å²) in [6.45, 7) is 2.79. The summed E-state index contributed by atoms with van der Waals surface area (Å²) < 4.78 is 4.94. The van der Waals surface area contributed by atoms with Crippen molar-refractivity contribution in [3.63, 3.8) is 0 Å². The van der Waals surface area contributed by atoms with Gasteiger partial charge in [-0.1, -0.05) is 6.92 Å². The second kappa shape index (κ2) is 7.58. The first kappa shape index (κ1) is 14.4. The van der Waals surface area contributed by atoms with Crippen LogP contribution in [0, 0.1) is 0 Å². The van der Waals surface area contributed by atoms with Crippen LogP contribution in [0.4, 0.5) is 0 Å². The van der Waals surface area contributed by atoms with Crippen molar-refractivity contribution >= 4 is 17.1 Å². The third-order valence-electron chi connectivity index (χ3n) is 2.69. The fourth-order valence-electron chi connectivity index (χ4n) is 1.62. The average Bonchev–Trinajstić information content (AvgIpc) is 2.77. The largest absolute Gasteiger partial charge is 0.385 e. The molecule has 0 aromatic carbocycles. The zero-order chi connectivity index (χ0) is 12.7. The number of carbonyl (C=O) groups excluding carboxylic acids is 1. The Morgan fingerprint density at radius 3 is 2.76 bits per heavy atom. The first-order chi connectivity index (χ1) is 8.17. The third-order valence-corrected chi connectivity index (χ3v) is 3.92. The van der Waals surface area contributed by atoms with E-state index in [9.17, 15) is 4.79 Å². The van der Waals surface area contributed by atoms with Crippen LogP contribution in [0.25, 0.3) is 0 Å². The van der Waals surface area contributed by atoms with E-state index in [1.165, 1.54) is 4.88 Å². The van der Waals surface area contributed by atoms with Gasteiger partial charge in [0.05, 0.1) is 6.04 Å². The number of Topliss-reactive ketones (excluding diaryl/α,β-unsaturated/α-hetero) is 1. The van der Waals surface area contributed by atoms with Crippen molar-refractivity contribution in [1.82, 2.24) is 0 Å². The quantitative estimate of drug-likeness (QED) is 0.724. The maximum Gasteiger partial charge on any atom is 0.154 e. The number of carbonyl (C=O) groups is 1. The molecule has 0 bridgehead atoms. The molecule has 0 saturated heterocycles. The Labute approximate surface area is 107 Å². The summed E-state index contributed by atoms with van der Waals surface area (Å²) in [5, 5.41) is 0. The monoisotopic (exact) mass is 255 g/mol. The van der Waals surface area contributed by atoms with Gasteiger partial charge >= 0.3 is 0 Å². The smallest absolute Gasteiger partial charge is 0.154 e. The molecule has 1 unspecified atom stereocenters. The van der Waals surface area contributed by atoms with Crippen LogP contribution in [0.5, 0.6) is 0 Å². The van der Waals surface area contributed by atoms with Gasteiger partial charge in [0.2, 0.25) is 0 Å². The zero-order valence-electron chi connectivity index (χ0n) is 10.6. The van der Waals surface area contributed by atoms with Crippen LogP contribution in [0.2, 0.25) is 0 Å². The van der Waals surface area contributed by atoms with Gasteiger partial charge in [-0.3, -0.25) is 4.79 Å². The highest BCUT2D eigenvalue weighted by Crippen LogP contribution is 2.18. The molecule has 0 fully saturated rings. The summed E-state index contributed by atoms with van der Waals surface area (Å²) in [4.78, 5) is 14.3. The lowest BCUT2D eigenvalue weighted by atomic mass is 10.1. The molecular weight excluding hydrogens is 234 g/mol. The van der Waals surface area contributed by atoms with Crippen LogP contribution in [-0.2, 0) is 22.4 Å². The number of thiophene rings is 1. The molecule has 96 valence electrons. The molecule has 0 aliphatic carbocycles. The Bertz CT molecular complexity index is 349. The van der Waals surface area contributed by atoms with Crippen LogP contribution in [0.1, 0.15) is 29.5 Å². The lowest BCUT2D eigenvalue weighted by Crippen LogP contribution is -2.31. The summed E-state index contributed by atoms with van der Waals surface area (Å²) in [5.41, 5.74) is 5.84. The van der Waals surface area contributed by atoms with E-state index < -0.39 is 0 Å². The molecule has 0 saturated carbocycles. The molecular formula is C13H21NO2S. The predicted octanol–water partition coefficient (Wildman–Crippen LogP) is 2.18. The normalized spacial score (nSPS) is 12.6. The lowest BCUT2D eigenvalue weighted by molar-refractivity contribution is -0.119. The van der Waals surface area contributed by atoms with Crippen LogP contribution < -0.4 is 5.73 Å². The molecule has 0 aliphatic heterocycles. The molecule has 0 aliphatic rings. The Balaban J connectivity index is 2.37. The number of ketones is 1. The molecule has 1 heterocycles. The van der Waals surface area contributed by atoms with Crippen molar-refractivity contribution < 1.29 is 9.53 Å². The Hall–Kier alpha value is -0.710. The minimum atomic E-state index is -0.350. The summed E-state index contributed by atoms with van der Waals surface area (Å²) >= 11 is 1.71. The van der Waals surface area contributed by atoms with Crippen molar-refractivity contribution in [2.45, 2.75) is 38.6 Å². The topological polar surface area (TPSA) is 52.3 Å². The molecule has 0 spiro atoms. The lowest BCUT2D eigenvalue weighted by Gasteiger charge is -2.09. The number of hydrogen-bond donors (Lipinski definition) is 1. The van der Waals surface area contributed by atoms with E-state index in [2.05, 4.69) is 13.0 Å². The van der Waals surface area contributed by atoms with Gasteiger partial charge in [0.1, 0.15) is 0 Å². The first-order valence-electron chi connectivity index (χ1n) is 6.02. The molecule has 0 radical (unpaired) electrons. The van der Waals surface area contributed by atoms with Crippen molar-refractivity contribution in [2.24, 2.45) is 5.73 Å². The number of rotatable bonds is 8. The molecule has 1 aromatic rings. The molecule has 3 nitrogen and oxygen atoms in total. The van der Waals surface area contributed by atoms with Crippen molar-refractivity contribution in [3.8, 4) is 0 Å². The van der Waals surface area contributed by atoms with E-state index in [0.717, 1.165) is 17.7 Å². The van der Waals surface area contributed by atoms with Crippen LogP contribution >= 0.6 is 11.3 Å². The van der Waals surface area contributed by atoms with Gasteiger partial charge in [0.25, 0.3) is 0 Å². The fraction of sp³-hybridized carbons (Fsp3) is 0.615. The minimum Gasteiger partial charge on any atom is -0.385 e. The molecule has 2 N–H and O–H groups in total. The molecule has 17 heavy (non-hydrogen) atoms. The summed E-state index contributed by atoms with van der Waals surface area (Å²) in [6, 6.07) is 3.77. The fourth-order valence-corrected chi connectivity index (χ4v) is 2.59. The summed E-state index contributed by atoms with van der Waals surface area (Å²) in [6.07, 6.45) is 3.05. The van der Waals surface area contributed by atoms with E-state index in [4.69, 9.17) is 10.5 Å². The van der Waals surface area contributed by atoms with E-state index in [1.54, 1.807) is 18.4 Å². The minimum absolute atomic E-state index is 0.130. The second-order valence-electron chi connectivity index (χ2n) is 4.11. The van der Waals surface area contributed by atoms with Gasteiger partial charge in [-0.25, -0.2) is 0 Å². The highest BCUT2D eigenvalue weighted by molar-refractivity contribution is 7.12. The number of ether oxygens (including phenoxy) is 1. The van der Waals surface area contributed by atoms with Crippen molar-refractivity contribution in [1.29, 1.82) is 0 Å². The summed E-state index contributed by atoms with van der Waals surface area (Å²) in [5.74, 6) is 0.130. The van der Waals surface area contributed by atoms with Gasteiger partial charge < -0.3 is 10.5 Å². The first-order valence-corrected chi connectivity index (χ1v) is 6.83. The molecule has 4 heteroatoms. The number of hydrogen-bond acceptors (Lipinski definition) is 4. The van der Waals surface area contributed by atoms with Crippen LogP contribution in [0.15, 0.2) is 12.1 Å². The van der Waals surface area contributed by atoms with Gasteiger partial charge in [-0.15, -0.1) is 11.3 Å². The number of nitrogens with two attached hydrogens (primary N) is 1. The highest BCUT2D eigenvalue weighted by atomic mass is 32.1. The van der Waals surface area contributed by atoms with Gasteiger partial charge in [0.15, 0.2) is 5.78 Å². The van der Waals surface area contributed by atoms with Gasteiger partial charge in [-0.05, 0) is 31.4 Å². The van der Waals surface area contributed by atoms with Crippen LogP contribution in [0.3, 0.4) is 0 Å². The number of methoxy groups -OCH3 is 1. The van der Waals surface area contributed by atoms with Gasteiger partial charge in [-0.2, -0.15) is 0 Å². The highest BCUT2D eigenvalue weighted by Gasteiger charge is 2.14. The maximum atomic E-state index is 11.8. The third kappa shape index (κ3) is 4.98. The van der Waals surface area contributed by atoms with Crippen LogP contribution in [-0.4, -0.2) is 25.5 Å². The standard InChI is InChI=1S/C13H21NO2S/c1-3-10-6-7-11(17-10)9-13(15)12(14)5-4-8-16-2/h6-7,12H,3-5,8-9,14H2,1-2H3. The summed E-state index contributed by atoms with van der Waals surface area (Å²) in [7, 11) is 1.66. The molecule has 0 amide bonds. The molecule has 1 aromatic heterocycles. The Kier molecular flexibility index (Phi) is 6.40. The average molecular weight is 255 g/mol. The maximum absolute atomic E-state index is 11.8. The number of aryl methyl sites for hydroxylation is 1. The SMILES string of the molecule is CCc1ccc(CC(=O)C(N)CCCOC)s1. The Morgan fingerprint density at radius 1 is 1.47 bits per heavy atom. The molecule has 1 atom stereocenters. The van der Waals surface area contributed by atoms with Gasteiger partial charge in [0, 0.05) is 29.9 Å². The van der Waals surface area contributed by atoms with E-state index in [1.807, 2.05) is 6.07 Å². The van der Waals surface area contributed by atoms with E-state index in [-0.39, 0.29) is 11.8 Å². The Morgan fingerprint density at radius 2 is 2.18 bits per heavy atom. The van der Waals surface area contributed by atoms with E-state index >= 15 is 0 Å². The van der Waals surface area contributed by atoms with Crippen molar-refractivity contribution in [2.75, 3.05) is 13.7 Å². The van der Waals surface area contributed by atoms with E-state index in [0.29, 0.717) is 19.4 Å². The van der Waals surface area contributed by atoms with Crippen molar-refractivity contribution in [3.05, 3.63) is 21.9 Å².